The van der Waals surface area contributed by atoms with Crippen molar-refractivity contribution in [1.29, 1.82) is 0 Å². The van der Waals surface area contributed by atoms with E-state index in [1.165, 1.54) is 12.1 Å². The van der Waals surface area contributed by atoms with E-state index >= 15 is 0 Å². The summed E-state index contributed by atoms with van der Waals surface area (Å²) in [6.45, 7) is 0. The van der Waals surface area contributed by atoms with Crippen LogP contribution in [0.2, 0.25) is 0 Å². The highest BCUT2D eigenvalue weighted by Gasteiger charge is 2.26. The Balaban J connectivity index is 1.96. The van der Waals surface area contributed by atoms with Crippen LogP contribution in [0, 0.1) is 10.1 Å². The first-order chi connectivity index (χ1) is 10.6. The fraction of sp³-hybridized carbons (Fsp3) is 0. The normalized spacial score (nSPS) is 15.5. The van der Waals surface area contributed by atoms with Gasteiger partial charge in [0.2, 0.25) is 0 Å². The van der Waals surface area contributed by atoms with Crippen LogP contribution in [0.15, 0.2) is 65.3 Å². The van der Waals surface area contributed by atoms with E-state index < -0.39 is 10.9 Å². The molecule has 0 aromatic heterocycles. The predicted molar refractivity (Wildman–Crippen MR) is 80.1 cm³/mol. The van der Waals surface area contributed by atoms with E-state index in [2.05, 4.69) is 5.16 Å². The summed E-state index contributed by atoms with van der Waals surface area (Å²) in [5.74, 6) is -0.544. The molecule has 6 heteroatoms. The van der Waals surface area contributed by atoms with E-state index in [1.807, 2.05) is 30.3 Å². The molecule has 0 bridgehead atoms. The zero-order valence-corrected chi connectivity index (χ0v) is 11.3. The molecule has 0 unspecified atom stereocenters. The van der Waals surface area contributed by atoms with Crippen molar-refractivity contribution in [2.75, 3.05) is 0 Å². The van der Waals surface area contributed by atoms with Crippen molar-refractivity contribution in [3.8, 4) is 0 Å². The van der Waals surface area contributed by atoms with Gasteiger partial charge in [0.25, 0.3) is 5.69 Å². The second-order valence-electron chi connectivity index (χ2n) is 4.59. The van der Waals surface area contributed by atoms with Crippen LogP contribution < -0.4 is 0 Å². The van der Waals surface area contributed by atoms with E-state index in [0.717, 1.165) is 5.56 Å². The highest BCUT2D eigenvalue weighted by atomic mass is 16.7. The Kier molecular flexibility index (Phi) is 3.49. The highest BCUT2D eigenvalue weighted by Crippen LogP contribution is 2.21. The second-order valence-corrected chi connectivity index (χ2v) is 4.59. The van der Waals surface area contributed by atoms with E-state index in [1.54, 1.807) is 18.2 Å². The quantitative estimate of drug-likeness (QED) is 0.377. The van der Waals surface area contributed by atoms with Crippen molar-refractivity contribution in [2.45, 2.75) is 0 Å². The first kappa shape index (κ1) is 13.7. The van der Waals surface area contributed by atoms with E-state index in [9.17, 15) is 14.9 Å². The van der Waals surface area contributed by atoms with Gasteiger partial charge in [-0.1, -0.05) is 35.5 Å². The third-order valence-corrected chi connectivity index (χ3v) is 3.16. The number of nitro benzene ring substituents is 1. The minimum absolute atomic E-state index is 0.00639. The molecular formula is C16H10N2O4. The van der Waals surface area contributed by atoms with E-state index in [4.69, 9.17) is 4.84 Å². The number of hydrogen-bond donors (Lipinski definition) is 0. The van der Waals surface area contributed by atoms with Crippen LogP contribution in [0.4, 0.5) is 5.69 Å². The van der Waals surface area contributed by atoms with Crippen LogP contribution in [0.1, 0.15) is 11.1 Å². The first-order valence-corrected chi connectivity index (χ1v) is 6.46. The summed E-state index contributed by atoms with van der Waals surface area (Å²) in [7, 11) is 0. The maximum absolute atomic E-state index is 11.8. The number of benzene rings is 2. The molecule has 0 amide bonds. The molecule has 0 aliphatic carbocycles. The number of hydrogen-bond acceptors (Lipinski definition) is 5. The third-order valence-electron chi connectivity index (χ3n) is 3.16. The van der Waals surface area contributed by atoms with Crippen LogP contribution >= 0.6 is 0 Å². The van der Waals surface area contributed by atoms with Crippen molar-refractivity contribution in [1.82, 2.24) is 0 Å². The van der Waals surface area contributed by atoms with Gasteiger partial charge in [0, 0.05) is 17.7 Å². The lowest BCUT2D eigenvalue weighted by Crippen LogP contribution is -2.06. The summed E-state index contributed by atoms with van der Waals surface area (Å²) in [4.78, 5) is 26.7. The highest BCUT2D eigenvalue weighted by molar-refractivity contribution is 6.31. The van der Waals surface area contributed by atoms with Crippen molar-refractivity contribution in [3.63, 3.8) is 0 Å². The molecule has 1 aliphatic heterocycles. The second kappa shape index (κ2) is 5.61. The largest absolute Gasteiger partial charge is 0.368 e. The van der Waals surface area contributed by atoms with Gasteiger partial charge in [0.15, 0.2) is 0 Å². The topological polar surface area (TPSA) is 81.8 Å². The Hall–Kier alpha value is -3.28. The summed E-state index contributed by atoms with van der Waals surface area (Å²) >= 11 is 0. The number of carbonyl (C=O) groups is 1. The average Bonchev–Trinajstić information content (AvgIpc) is 2.90. The van der Waals surface area contributed by atoms with Crippen LogP contribution in [-0.2, 0) is 9.63 Å². The van der Waals surface area contributed by atoms with Gasteiger partial charge in [0.1, 0.15) is 5.71 Å². The van der Waals surface area contributed by atoms with Gasteiger partial charge in [0.05, 0.1) is 10.5 Å². The summed E-state index contributed by atoms with van der Waals surface area (Å²) in [5, 5.41) is 14.4. The zero-order chi connectivity index (χ0) is 15.5. The molecule has 1 aliphatic rings. The third kappa shape index (κ3) is 2.62. The SMILES string of the molecule is O=C1ON=C(c2ccccc2)/C1=C/c1ccc([N+](=O)[O-])cc1. The van der Waals surface area contributed by atoms with Gasteiger partial charge in [-0.25, -0.2) is 4.79 Å². The summed E-state index contributed by atoms with van der Waals surface area (Å²) in [6.07, 6.45) is 1.60. The van der Waals surface area contributed by atoms with Crippen LogP contribution in [-0.4, -0.2) is 16.6 Å². The van der Waals surface area contributed by atoms with Gasteiger partial charge in [-0.3, -0.25) is 10.1 Å². The number of oxime groups is 1. The Labute approximate surface area is 125 Å². The van der Waals surface area contributed by atoms with Crippen molar-refractivity contribution in [3.05, 3.63) is 81.4 Å². The maximum atomic E-state index is 11.8. The molecule has 0 fully saturated rings. The number of non-ortho nitro benzene ring substituents is 1. The number of nitrogens with zero attached hydrogens (tertiary/aromatic N) is 2. The Morgan fingerprint density at radius 3 is 2.36 bits per heavy atom. The van der Waals surface area contributed by atoms with Gasteiger partial charge >= 0.3 is 5.97 Å². The molecule has 0 saturated carbocycles. The van der Waals surface area contributed by atoms with Gasteiger partial charge in [-0.15, -0.1) is 0 Å². The van der Waals surface area contributed by atoms with Crippen LogP contribution in [0.3, 0.4) is 0 Å². The summed E-state index contributed by atoms with van der Waals surface area (Å²) in [5.41, 5.74) is 2.18. The minimum atomic E-state index is -0.544. The molecule has 2 aromatic rings. The zero-order valence-electron chi connectivity index (χ0n) is 11.3. The molecular weight excluding hydrogens is 284 g/mol. The monoisotopic (exact) mass is 294 g/mol. The molecule has 108 valence electrons. The molecule has 3 rings (SSSR count). The predicted octanol–water partition coefficient (Wildman–Crippen LogP) is 2.94. The number of nitro groups is 1. The average molecular weight is 294 g/mol. The molecule has 2 aromatic carbocycles. The Morgan fingerprint density at radius 2 is 1.73 bits per heavy atom. The maximum Gasteiger partial charge on any atom is 0.368 e. The fourth-order valence-electron chi connectivity index (χ4n) is 2.07. The molecule has 0 atom stereocenters. The van der Waals surface area contributed by atoms with Gasteiger partial charge in [-0.2, -0.15) is 0 Å². The smallest absolute Gasteiger partial charge is 0.312 e. The summed E-state index contributed by atoms with van der Waals surface area (Å²) < 4.78 is 0. The van der Waals surface area contributed by atoms with Gasteiger partial charge in [-0.05, 0) is 23.8 Å². The van der Waals surface area contributed by atoms with Gasteiger partial charge < -0.3 is 4.84 Å². The Bertz CT molecular complexity index is 793. The standard InChI is InChI=1S/C16H10N2O4/c19-16-14(10-11-6-8-13(9-7-11)18(20)21)15(17-22-16)12-4-2-1-3-5-12/h1-10H/b14-10-. The fourth-order valence-corrected chi connectivity index (χ4v) is 2.07. The molecule has 0 saturated heterocycles. The summed E-state index contributed by atoms with van der Waals surface area (Å²) in [6, 6.07) is 15.1. The lowest BCUT2D eigenvalue weighted by Gasteiger charge is -2.00. The molecule has 0 radical (unpaired) electrons. The molecule has 0 N–H and O–H groups in total. The number of rotatable bonds is 3. The van der Waals surface area contributed by atoms with Crippen molar-refractivity contribution >= 4 is 23.4 Å². The number of carbonyl (C=O) groups excluding carboxylic acids is 1. The molecule has 22 heavy (non-hydrogen) atoms. The molecule has 0 spiro atoms. The van der Waals surface area contributed by atoms with Crippen molar-refractivity contribution < 1.29 is 14.6 Å². The van der Waals surface area contributed by atoms with Crippen LogP contribution in [0.25, 0.3) is 6.08 Å². The molecule has 1 heterocycles. The molecule has 6 nitrogen and oxygen atoms in total. The Morgan fingerprint density at radius 1 is 1.05 bits per heavy atom. The minimum Gasteiger partial charge on any atom is -0.312 e. The lowest BCUT2D eigenvalue weighted by atomic mass is 10.0. The van der Waals surface area contributed by atoms with Crippen LogP contribution in [0.5, 0.6) is 0 Å². The van der Waals surface area contributed by atoms with E-state index in [0.29, 0.717) is 16.8 Å². The lowest BCUT2D eigenvalue weighted by molar-refractivity contribution is -0.384. The van der Waals surface area contributed by atoms with E-state index in [-0.39, 0.29) is 5.69 Å². The first-order valence-electron chi connectivity index (χ1n) is 6.46. The van der Waals surface area contributed by atoms with Crippen molar-refractivity contribution in [2.24, 2.45) is 5.16 Å².